The van der Waals surface area contributed by atoms with Crippen LogP contribution in [0, 0.1) is 0 Å². The lowest BCUT2D eigenvalue weighted by Gasteiger charge is -2.29. The van der Waals surface area contributed by atoms with E-state index in [0.29, 0.717) is 31.2 Å². The maximum Gasteiger partial charge on any atom is 0.356 e. The molecule has 2 aromatic carbocycles. The number of nitrogens with zero attached hydrogens (tertiary/aromatic N) is 5. The van der Waals surface area contributed by atoms with Crippen LogP contribution in [-0.4, -0.2) is 63.3 Å². The van der Waals surface area contributed by atoms with Crippen LogP contribution in [-0.2, 0) is 29.2 Å². The standard InChI is InChI=1S/C36H33N5O5/c1-43-36(42)30-13-12-29-35(39-30)41(20-25-16-19-44-25)32(37-29)21-40-17-14-23(15-18-40)28-9-5-11-33(38-28)45-22-24-6-4-8-27-26-7-2-3-10-31(26)46-34(24)27/h2-14,25H,15-22H2,1H3/t25-/m0/s1. The van der Waals surface area contributed by atoms with E-state index >= 15 is 0 Å². The normalized spacial score (nSPS) is 16.9. The van der Waals surface area contributed by atoms with E-state index in [1.165, 1.54) is 12.7 Å². The summed E-state index contributed by atoms with van der Waals surface area (Å²) in [5.41, 5.74) is 6.54. The summed E-state index contributed by atoms with van der Waals surface area (Å²) in [6.45, 7) is 4.06. The number of esters is 1. The van der Waals surface area contributed by atoms with Crippen molar-refractivity contribution in [3.8, 4) is 5.88 Å². The van der Waals surface area contributed by atoms with Crippen molar-refractivity contribution < 1.29 is 23.4 Å². The lowest BCUT2D eigenvalue weighted by Crippen LogP contribution is -2.34. The topological polar surface area (TPSA) is 105 Å². The van der Waals surface area contributed by atoms with Crippen molar-refractivity contribution in [2.24, 2.45) is 0 Å². The van der Waals surface area contributed by atoms with Crippen LogP contribution in [0.5, 0.6) is 5.88 Å². The SMILES string of the molecule is COC(=O)c1ccc2nc(CN3CC=C(c4cccc(OCc5cccc6c5oc5ccccc56)n4)CC3)n(C[C@@H]3CCO3)c2n1. The fourth-order valence-corrected chi connectivity index (χ4v) is 6.24. The van der Waals surface area contributed by atoms with Gasteiger partial charge in [-0.2, -0.15) is 0 Å². The number of methoxy groups -OCH3 is 1. The lowest BCUT2D eigenvalue weighted by molar-refractivity contribution is -0.0592. The number of para-hydroxylation sites is 2. The molecule has 0 aliphatic carbocycles. The average Bonchev–Trinajstić information content (AvgIpc) is 3.63. The smallest absolute Gasteiger partial charge is 0.356 e. The number of benzene rings is 2. The summed E-state index contributed by atoms with van der Waals surface area (Å²) < 4.78 is 25.1. The van der Waals surface area contributed by atoms with Crippen molar-refractivity contribution in [1.82, 2.24) is 24.4 Å². The molecule has 0 saturated carbocycles. The number of rotatable bonds is 9. The average molecular weight is 616 g/mol. The summed E-state index contributed by atoms with van der Waals surface area (Å²) in [6.07, 6.45) is 4.21. The van der Waals surface area contributed by atoms with Crippen LogP contribution in [0.1, 0.15) is 40.4 Å². The first-order chi connectivity index (χ1) is 22.6. The molecule has 1 atom stereocenters. The van der Waals surface area contributed by atoms with Crippen LogP contribution in [0.4, 0.5) is 0 Å². The van der Waals surface area contributed by atoms with Crippen LogP contribution in [0.2, 0.25) is 0 Å². The van der Waals surface area contributed by atoms with Gasteiger partial charge < -0.3 is 23.2 Å². The predicted octanol–water partition coefficient (Wildman–Crippen LogP) is 6.17. The summed E-state index contributed by atoms with van der Waals surface area (Å²) in [5.74, 6) is 1.03. The number of furan rings is 1. The van der Waals surface area contributed by atoms with E-state index in [1.807, 2.05) is 54.6 Å². The first-order valence-electron chi connectivity index (χ1n) is 15.6. The maximum atomic E-state index is 12.2. The van der Waals surface area contributed by atoms with Crippen molar-refractivity contribution in [2.45, 2.75) is 38.6 Å². The minimum Gasteiger partial charge on any atom is -0.473 e. The zero-order chi connectivity index (χ0) is 31.0. The van der Waals surface area contributed by atoms with Crippen LogP contribution < -0.4 is 4.74 Å². The van der Waals surface area contributed by atoms with Gasteiger partial charge in [0.2, 0.25) is 5.88 Å². The van der Waals surface area contributed by atoms with E-state index in [9.17, 15) is 4.79 Å². The van der Waals surface area contributed by atoms with Gasteiger partial charge in [0.25, 0.3) is 0 Å². The van der Waals surface area contributed by atoms with Crippen LogP contribution >= 0.6 is 0 Å². The molecule has 46 heavy (non-hydrogen) atoms. The van der Waals surface area contributed by atoms with E-state index in [-0.39, 0.29) is 11.8 Å². The molecule has 0 N–H and O–H groups in total. The second kappa shape index (κ2) is 12.0. The van der Waals surface area contributed by atoms with Gasteiger partial charge >= 0.3 is 5.97 Å². The number of imidazole rings is 1. The Morgan fingerprint density at radius 1 is 0.978 bits per heavy atom. The van der Waals surface area contributed by atoms with Crippen LogP contribution in [0.15, 0.2) is 83.3 Å². The van der Waals surface area contributed by atoms with Crippen LogP contribution in [0.3, 0.4) is 0 Å². The Labute approximate surface area is 265 Å². The molecular formula is C36H33N5O5. The number of hydrogen-bond acceptors (Lipinski definition) is 9. The second-order valence-electron chi connectivity index (χ2n) is 11.7. The van der Waals surface area contributed by atoms with E-state index < -0.39 is 5.97 Å². The van der Waals surface area contributed by atoms with E-state index in [4.69, 9.17) is 28.6 Å². The summed E-state index contributed by atoms with van der Waals surface area (Å²) >= 11 is 0. The maximum absolute atomic E-state index is 12.2. The fourth-order valence-electron chi connectivity index (χ4n) is 6.24. The first kappa shape index (κ1) is 28.4. The number of ether oxygens (including phenoxy) is 3. The summed E-state index contributed by atoms with van der Waals surface area (Å²) in [6, 6.07) is 23.7. The van der Waals surface area contributed by atoms with Crippen molar-refractivity contribution in [1.29, 1.82) is 0 Å². The highest BCUT2D eigenvalue weighted by Crippen LogP contribution is 2.31. The molecule has 6 aromatic rings. The van der Waals surface area contributed by atoms with Crippen molar-refractivity contribution >= 4 is 44.6 Å². The lowest BCUT2D eigenvalue weighted by atomic mass is 10.0. The zero-order valence-electron chi connectivity index (χ0n) is 25.5. The number of fused-ring (bicyclic) bond motifs is 4. The molecule has 6 heterocycles. The molecule has 0 spiro atoms. The first-order valence-corrected chi connectivity index (χ1v) is 15.6. The van der Waals surface area contributed by atoms with Gasteiger partial charge in [0.15, 0.2) is 11.3 Å². The molecule has 10 nitrogen and oxygen atoms in total. The molecule has 2 aliphatic rings. The summed E-state index contributed by atoms with van der Waals surface area (Å²) in [4.78, 5) is 28.9. The molecule has 0 radical (unpaired) electrons. The molecule has 1 saturated heterocycles. The third kappa shape index (κ3) is 5.39. The highest BCUT2D eigenvalue weighted by molar-refractivity contribution is 6.05. The largest absolute Gasteiger partial charge is 0.473 e. The van der Waals surface area contributed by atoms with Crippen molar-refractivity contribution in [2.75, 3.05) is 26.8 Å². The number of aromatic nitrogens is 4. The molecule has 0 unspecified atom stereocenters. The molecule has 1 fully saturated rings. The molecule has 2 aliphatic heterocycles. The van der Waals surface area contributed by atoms with Gasteiger partial charge in [0.1, 0.15) is 29.1 Å². The number of carbonyl (C=O) groups is 1. The zero-order valence-corrected chi connectivity index (χ0v) is 25.5. The van der Waals surface area contributed by atoms with Gasteiger partial charge in [-0.05, 0) is 42.7 Å². The molecule has 8 rings (SSSR count). The van der Waals surface area contributed by atoms with Crippen molar-refractivity contribution in [3.63, 3.8) is 0 Å². The van der Waals surface area contributed by atoms with Gasteiger partial charge in [0.05, 0.1) is 32.0 Å². The Bertz CT molecular complexity index is 2110. The van der Waals surface area contributed by atoms with E-state index in [1.54, 1.807) is 6.07 Å². The quantitative estimate of drug-likeness (QED) is 0.177. The Balaban J connectivity index is 0.969. The van der Waals surface area contributed by atoms with Crippen molar-refractivity contribution in [3.05, 3.63) is 102 Å². The van der Waals surface area contributed by atoms with Gasteiger partial charge in [-0.3, -0.25) is 4.90 Å². The third-order valence-corrected chi connectivity index (χ3v) is 8.82. The van der Waals surface area contributed by atoms with Gasteiger partial charge in [-0.1, -0.05) is 48.5 Å². The Morgan fingerprint density at radius 3 is 2.67 bits per heavy atom. The van der Waals surface area contributed by atoms with E-state index in [2.05, 4.69) is 32.7 Å². The molecule has 232 valence electrons. The Kier molecular flexibility index (Phi) is 7.43. The van der Waals surface area contributed by atoms with Gasteiger partial charge in [-0.15, -0.1) is 0 Å². The van der Waals surface area contributed by atoms with Crippen LogP contribution in [0.25, 0.3) is 38.7 Å². The highest BCUT2D eigenvalue weighted by Gasteiger charge is 2.25. The highest BCUT2D eigenvalue weighted by atomic mass is 16.5. The number of carbonyl (C=O) groups excluding carboxylic acids is 1. The monoisotopic (exact) mass is 615 g/mol. The molecule has 0 bridgehead atoms. The van der Waals surface area contributed by atoms with Gasteiger partial charge in [-0.25, -0.2) is 19.7 Å². The van der Waals surface area contributed by atoms with E-state index in [0.717, 1.165) is 77.1 Å². The minimum absolute atomic E-state index is 0.125. The molecule has 10 heteroatoms. The third-order valence-electron chi connectivity index (χ3n) is 8.82. The number of pyridine rings is 2. The Hall–Kier alpha value is -5.06. The summed E-state index contributed by atoms with van der Waals surface area (Å²) in [7, 11) is 1.36. The Morgan fingerprint density at radius 2 is 1.85 bits per heavy atom. The molecular weight excluding hydrogens is 582 g/mol. The predicted molar refractivity (Wildman–Crippen MR) is 173 cm³/mol. The number of hydrogen-bond donors (Lipinski definition) is 0. The fraction of sp³-hybridized carbons (Fsp3) is 0.278. The second-order valence-corrected chi connectivity index (χ2v) is 11.7. The summed E-state index contributed by atoms with van der Waals surface area (Å²) in [5, 5.41) is 2.19. The minimum atomic E-state index is -0.462. The molecule has 4 aromatic heterocycles. The molecule has 0 amide bonds. The van der Waals surface area contributed by atoms with Gasteiger partial charge in [0, 0.05) is 42.1 Å².